The van der Waals surface area contributed by atoms with Gasteiger partial charge in [0.05, 0.1) is 12.7 Å². The molecule has 0 saturated carbocycles. The van der Waals surface area contributed by atoms with Gasteiger partial charge < -0.3 is 14.2 Å². The van der Waals surface area contributed by atoms with E-state index in [0.717, 1.165) is 11.5 Å². The third-order valence-electron chi connectivity index (χ3n) is 3.11. The first-order valence-electron chi connectivity index (χ1n) is 6.35. The van der Waals surface area contributed by atoms with Crippen molar-refractivity contribution in [1.82, 2.24) is 0 Å². The number of fused-ring (bicyclic) bond motifs is 1. The summed E-state index contributed by atoms with van der Waals surface area (Å²) in [6.45, 7) is 3.13. The summed E-state index contributed by atoms with van der Waals surface area (Å²) < 4.78 is 17.3. The summed E-state index contributed by atoms with van der Waals surface area (Å²) in [6, 6.07) is 10.2. The highest BCUT2D eigenvalue weighted by atomic mass is 32.1. The van der Waals surface area contributed by atoms with E-state index in [4.69, 9.17) is 14.2 Å². The molecule has 2 atom stereocenters. The van der Waals surface area contributed by atoms with Gasteiger partial charge in [0.15, 0.2) is 17.6 Å². The minimum Gasteiger partial charge on any atom is -0.485 e. The molecule has 19 heavy (non-hydrogen) atoms. The molecule has 0 amide bonds. The molecule has 1 aliphatic heterocycles. The van der Waals surface area contributed by atoms with Crippen LogP contribution in [0.4, 0.5) is 0 Å². The number of benzene rings is 1. The second-order valence-electron chi connectivity index (χ2n) is 4.54. The molecule has 1 aromatic carbocycles. The number of rotatable bonds is 4. The molecule has 2 heterocycles. The SMILES string of the molecule is CC(OCC1COc2cscc2O1)c1ccccc1. The van der Waals surface area contributed by atoms with E-state index in [9.17, 15) is 0 Å². The highest BCUT2D eigenvalue weighted by molar-refractivity contribution is 7.08. The van der Waals surface area contributed by atoms with E-state index in [1.165, 1.54) is 5.56 Å². The van der Waals surface area contributed by atoms with Gasteiger partial charge in [-0.25, -0.2) is 0 Å². The van der Waals surface area contributed by atoms with Crippen molar-refractivity contribution >= 4 is 11.3 Å². The Balaban J connectivity index is 1.54. The number of hydrogen-bond donors (Lipinski definition) is 0. The molecular formula is C15H16O3S. The van der Waals surface area contributed by atoms with Crippen LogP contribution in [0, 0.1) is 0 Å². The number of thiophene rings is 1. The normalized spacial score (nSPS) is 19.1. The van der Waals surface area contributed by atoms with Crippen LogP contribution in [-0.4, -0.2) is 19.3 Å². The van der Waals surface area contributed by atoms with Gasteiger partial charge in [0.1, 0.15) is 6.61 Å². The number of hydrogen-bond acceptors (Lipinski definition) is 4. The van der Waals surface area contributed by atoms with Crippen molar-refractivity contribution in [2.45, 2.75) is 19.1 Å². The standard InChI is InChI=1S/C15H16O3S/c1-11(12-5-3-2-4-6-12)16-7-13-8-17-14-9-19-10-15(14)18-13/h2-6,9-11,13H,7-8H2,1H3. The molecule has 0 bridgehead atoms. The molecule has 3 rings (SSSR count). The summed E-state index contributed by atoms with van der Waals surface area (Å²) in [5, 5.41) is 3.92. The van der Waals surface area contributed by atoms with Crippen LogP contribution in [0.25, 0.3) is 0 Å². The Labute approximate surface area is 116 Å². The Morgan fingerprint density at radius 1 is 1.26 bits per heavy atom. The van der Waals surface area contributed by atoms with E-state index < -0.39 is 0 Å². The fraction of sp³-hybridized carbons (Fsp3) is 0.333. The lowest BCUT2D eigenvalue weighted by Crippen LogP contribution is -2.33. The molecule has 1 aliphatic rings. The monoisotopic (exact) mass is 276 g/mol. The lowest BCUT2D eigenvalue weighted by molar-refractivity contribution is -0.0200. The van der Waals surface area contributed by atoms with Crippen molar-refractivity contribution in [2.75, 3.05) is 13.2 Å². The zero-order chi connectivity index (χ0) is 13.1. The van der Waals surface area contributed by atoms with Gasteiger partial charge in [-0.1, -0.05) is 30.3 Å². The molecule has 2 aromatic rings. The molecule has 0 aliphatic carbocycles. The van der Waals surface area contributed by atoms with Crippen LogP contribution in [0.3, 0.4) is 0 Å². The maximum atomic E-state index is 5.86. The van der Waals surface area contributed by atoms with E-state index in [1.54, 1.807) is 11.3 Å². The molecule has 0 radical (unpaired) electrons. The van der Waals surface area contributed by atoms with Crippen LogP contribution in [0.2, 0.25) is 0 Å². The molecule has 100 valence electrons. The number of ether oxygens (including phenoxy) is 3. The lowest BCUT2D eigenvalue weighted by atomic mass is 10.1. The highest BCUT2D eigenvalue weighted by Gasteiger charge is 2.22. The Hall–Kier alpha value is -1.52. The molecule has 3 nitrogen and oxygen atoms in total. The predicted molar refractivity (Wildman–Crippen MR) is 75.0 cm³/mol. The van der Waals surface area contributed by atoms with Crippen molar-refractivity contribution in [1.29, 1.82) is 0 Å². The molecule has 0 saturated heterocycles. The molecule has 1 aromatic heterocycles. The maximum absolute atomic E-state index is 5.86. The van der Waals surface area contributed by atoms with Crippen LogP contribution in [0.5, 0.6) is 11.5 Å². The molecule has 4 heteroatoms. The summed E-state index contributed by atoms with van der Waals surface area (Å²) in [7, 11) is 0. The highest BCUT2D eigenvalue weighted by Crippen LogP contribution is 2.35. The third-order valence-corrected chi connectivity index (χ3v) is 3.81. The van der Waals surface area contributed by atoms with Gasteiger partial charge in [-0.2, -0.15) is 0 Å². The van der Waals surface area contributed by atoms with E-state index in [1.807, 2.05) is 29.0 Å². The predicted octanol–water partition coefficient (Wildman–Crippen LogP) is 3.67. The van der Waals surface area contributed by atoms with Crippen molar-refractivity contribution in [2.24, 2.45) is 0 Å². The summed E-state index contributed by atoms with van der Waals surface area (Å²) in [5.74, 6) is 1.68. The van der Waals surface area contributed by atoms with Gasteiger partial charge in [0, 0.05) is 10.8 Å². The van der Waals surface area contributed by atoms with Gasteiger partial charge in [0.25, 0.3) is 0 Å². The van der Waals surface area contributed by atoms with E-state index in [0.29, 0.717) is 13.2 Å². The first-order valence-corrected chi connectivity index (χ1v) is 7.29. The van der Waals surface area contributed by atoms with Gasteiger partial charge in [-0.3, -0.25) is 0 Å². The summed E-state index contributed by atoms with van der Waals surface area (Å²) >= 11 is 1.59. The average molecular weight is 276 g/mol. The third kappa shape index (κ3) is 2.91. The molecule has 0 N–H and O–H groups in total. The van der Waals surface area contributed by atoms with E-state index in [2.05, 4.69) is 19.1 Å². The molecular weight excluding hydrogens is 260 g/mol. The second-order valence-corrected chi connectivity index (χ2v) is 5.28. The zero-order valence-electron chi connectivity index (χ0n) is 10.7. The van der Waals surface area contributed by atoms with Gasteiger partial charge in [0.2, 0.25) is 0 Å². The minimum absolute atomic E-state index is 0.0340. The minimum atomic E-state index is -0.0340. The van der Waals surface area contributed by atoms with Crippen LogP contribution in [0.15, 0.2) is 41.1 Å². The van der Waals surface area contributed by atoms with Crippen molar-refractivity contribution in [3.8, 4) is 11.5 Å². The first kappa shape index (κ1) is 12.5. The molecule has 2 unspecified atom stereocenters. The van der Waals surface area contributed by atoms with Crippen molar-refractivity contribution < 1.29 is 14.2 Å². The van der Waals surface area contributed by atoms with Gasteiger partial charge in [-0.15, -0.1) is 11.3 Å². The largest absolute Gasteiger partial charge is 0.485 e. The Kier molecular flexibility index (Phi) is 3.71. The Morgan fingerprint density at radius 3 is 2.89 bits per heavy atom. The average Bonchev–Trinajstić information content (AvgIpc) is 2.93. The molecule has 0 spiro atoms. The van der Waals surface area contributed by atoms with Crippen LogP contribution in [-0.2, 0) is 4.74 Å². The van der Waals surface area contributed by atoms with Crippen LogP contribution >= 0.6 is 11.3 Å². The zero-order valence-corrected chi connectivity index (χ0v) is 11.6. The van der Waals surface area contributed by atoms with Gasteiger partial charge >= 0.3 is 0 Å². The topological polar surface area (TPSA) is 27.7 Å². The quantitative estimate of drug-likeness (QED) is 0.853. The Morgan fingerprint density at radius 2 is 2.05 bits per heavy atom. The summed E-state index contributed by atoms with van der Waals surface area (Å²) in [6.07, 6.45) is 0.0296. The van der Waals surface area contributed by atoms with E-state index >= 15 is 0 Å². The second kappa shape index (κ2) is 5.63. The maximum Gasteiger partial charge on any atom is 0.172 e. The van der Waals surface area contributed by atoms with Crippen LogP contribution in [0.1, 0.15) is 18.6 Å². The molecule has 0 fully saturated rings. The van der Waals surface area contributed by atoms with Crippen LogP contribution < -0.4 is 9.47 Å². The summed E-state index contributed by atoms with van der Waals surface area (Å²) in [4.78, 5) is 0. The van der Waals surface area contributed by atoms with E-state index in [-0.39, 0.29) is 12.2 Å². The fourth-order valence-corrected chi connectivity index (χ4v) is 2.69. The lowest BCUT2D eigenvalue weighted by Gasteiger charge is -2.25. The fourth-order valence-electron chi connectivity index (χ4n) is 2.02. The van der Waals surface area contributed by atoms with Crippen molar-refractivity contribution in [3.63, 3.8) is 0 Å². The Bertz CT molecular complexity index is 523. The smallest absolute Gasteiger partial charge is 0.172 e. The van der Waals surface area contributed by atoms with Gasteiger partial charge in [-0.05, 0) is 12.5 Å². The first-order chi connectivity index (χ1) is 9.33. The summed E-state index contributed by atoms with van der Waals surface area (Å²) in [5.41, 5.74) is 1.18. The van der Waals surface area contributed by atoms with Crippen molar-refractivity contribution in [3.05, 3.63) is 46.7 Å².